The number of hydrogen-bond donors (Lipinski definition) is 1. The minimum absolute atomic E-state index is 0.0255. The standard InChI is InChI=1S/C14H14N4O4/c19-14(12-3-4-13(22-12)18(20)21)17-7-6-16-9-11(17)10-2-1-5-15-8-10/h1-5,8,11,16H,6-7,9H2. The van der Waals surface area contributed by atoms with Gasteiger partial charge >= 0.3 is 5.88 Å². The molecule has 2 aromatic heterocycles. The smallest absolute Gasteiger partial charge is 0.395 e. The van der Waals surface area contributed by atoms with Crippen LogP contribution in [0.15, 0.2) is 41.1 Å². The third-order valence-electron chi connectivity index (χ3n) is 3.56. The van der Waals surface area contributed by atoms with E-state index in [9.17, 15) is 14.9 Å². The second-order valence-electron chi connectivity index (χ2n) is 4.90. The molecule has 1 saturated heterocycles. The fourth-order valence-electron chi connectivity index (χ4n) is 2.50. The zero-order chi connectivity index (χ0) is 15.5. The molecular weight excluding hydrogens is 288 g/mol. The molecule has 8 heteroatoms. The van der Waals surface area contributed by atoms with E-state index in [2.05, 4.69) is 10.3 Å². The van der Waals surface area contributed by atoms with Gasteiger partial charge in [-0.3, -0.25) is 19.9 Å². The van der Waals surface area contributed by atoms with E-state index < -0.39 is 10.8 Å². The largest absolute Gasteiger partial charge is 0.433 e. The second kappa shape index (κ2) is 5.94. The van der Waals surface area contributed by atoms with Gasteiger partial charge in [0, 0.05) is 32.0 Å². The minimum Gasteiger partial charge on any atom is -0.395 e. The highest BCUT2D eigenvalue weighted by atomic mass is 16.6. The molecule has 0 bridgehead atoms. The summed E-state index contributed by atoms with van der Waals surface area (Å²) in [5, 5.41) is 13.9. The molecule has 1 amide bonds. The van der Waals surface area contributed by atoms with Crippen LogP contribution in [0.2, 0.25) is 0 Å². The lowest BCUT2D eigenvalue weighted by molar-refractivity contribution is -0.402. The molecule has 1 atom stereocenters. The summed E-state index contributed by atoms with van der Waals surface area (Å²) in [6.07, 6.45) is 3.38. The van der Waals surface area contributed by atoms with Gasteiger partial charge in [0.25, 0.3) is 5.91 Å². The molecule has 1 aliphatic rings. The van der Waals surface area contributed by atoms with Crippen molar-refractivity contribution < 1.29 is 14.1 Å². The Labute approximate surface area is 125 Å². The van der Waals surface area contributed by atoms with Gasteiger partial charge in [-0.1, -0.05) is 6.07 Å². The lowest BCUT2D eigenvalue weighted by Crippen LogP contribution is -2.48. The number of carbonyl (C=O) groups excluding carboxylic acids is 1. The van der Waals surface area contributed by atoms with Gasteiger partial charge in [0.05, 0.1) is 12.1 Å². The number of nitro groups is 1. The number of nitrogens with one attached hydrogen (secondary N) is 1. The molecule has 1 N–H and O–H groups in total. The van der Waals surface area contributed by atoms with Gasteiger partial charge in [-0.2, -0.15) is 0 Å². The number of carbonyl (C=O) groups is 1. The van der Waals surface area contributed by atoms with E-state index in [-0.39, 0.29) is 17.7 Å². The molecular formula is C14H14N4O4. The van der Waals surface area contributed by atoms with Crippen LogP contribution in [0.5, 0.6) is 0 Å². The van der Waals surface area contributed by atoms with Gasteiger partial charge in [0.1, 0.15) is 4.92 Å². The van der Waals surface area contributed by atoms with E-state index in [1.54, 1.807) is 17.3 Å². The van der Waals surface area contributed by atoms with E-state index in [1.165, 1.54) is 12.1 Å². The Morgan fingerprint density at radius 2 is 2.32 bits per heavy atom. The number of furan rings is 1. The van der Waals surface area contributed by atoms with Crippen molar-refractivity contribution in [3.63, 3.8) is 0 Å². The molecule has 1 unspecified atom stereocenters. The zero-order valence-corrected chi connectivity index (χ0v) is 11.6. The minimum atomic E-state index is -0.660. The molecule has 0 aliphatic carbocycles. The van der Waals surface area contributed by atoms with Gasteiger partial charge in [-0.15, -0.1) is 0 Å². The van der Waals surface area contributed by atoms with Crippen LogP contribution in [-0.4, -0.2) is 40.3 Å². The summed E-state index contributed by atoms with van der Waals surface area (Å²) in [6, 6.07) is 6.05. The zero-order valence-electron chi connectivity index (χ0n) is 11.6. The first-order valence-electron chi connectivity index (χ1n) is 6.82. The van der Waals surface area contributed by atoms with Crippen LogP contribution >= 0.6 is 0 Å². The van der Waals surface area contributed by atoms with E-state index >= 15 is 0 Å². The molecule has 0 spiro atoms. The van der Waals surface area contributed by atoms with E-state index in [4.69, 9.17) is 4.42 Å². The third kappa shape index (κ3) is 2.68. The lowest BCUT2D eigenvalue weighted by Gasteiger charge is -2.35. The predicted octanol–water partition coefficient (Wildman–Crippen LogP) is 1.37. The fourth-order valence-corrected chi connectivity index (χ4v) is 2.50. The van der Waals surface area contributed by atoms with Crippen LogP contribution in [0.3, 0.4) is 0 Å². The second-order valence-corrected chi connectivity index (χ2v) is 4.90. The maximum atomic E-state index is 12.6. The van der Waals surface area contributed by atoms with Crippen LogP contribution in [0.1, 0.15) is 22.2 Å². The number of aromatic nitrogens is 1. The first-order chi connectivity index (χ1) is 10.7. The molecule has 8 nitrogen and oxygen atoms in total. The van der Waals surface area contributed by atoms with Crippen molar-refractivity contribution in [2.45, 2.75) is 6.04 Å². The van der Waals surface area contributed by atoms with Gasteiger partial charge < -0.3 is 14.6 Å². The Bertz CT molecular complexity index is 685. The quantitative estimate of drug-likeness (QED) is 0.678. The van der Waals surface area contributed by atoms with Crippen molar-refractivity contribution in [1.82, 2.24) is 15.2 Å². The van der Waals surface area contributed by atoms with Crippen LogP contribution in [-0.2, 0) is 0 Å². The number of nitrogens with zero attached hydrogens (tertiary/aromatic N) is 3. The number of piperazine rings is 1. The van der Waals surface area contributed by atoms with Crippen molar-refractivity contribution in [3.05, 3.63) is 58.1 Å². The summed E-state index contributed by atoms with van der Waals surface area (Å²) >= 11 is 0. The summed E-state index contributed by atoms with van der Waals surface area (Å²) in [5.74, 6) is -0.817. The van der Waals surface area contributed by atoms with E-state index in [1.807, 2.05) is 12.1 Å². The molecule has 0 aromatic carbocycles. The van der Waals surface area contributed by atoms with Crippen LogP contribution in [0, 0.1) is 10.1 Å². The Hall–Kier alpha value is -2.74. The van der Waals surface area contributed by atoms with Crippen molar-refractivity contribution >= 4 is 11.8 Å². The number of pyridine rings is 1. The molecule has 114 valence electrons. The fraction of sp³-hybridized carbons (Fsp3) is 0.286. The Morgan fingerprint density at radius 1 is 1.45 bits per heavy atom. The van der Waals surface area contributed by atoms with Gasteiger partial charge in [0.2, 0.25) is 0 Å². The maximum Gasteiger partial charge on any atom is 0.433 e. The molecule has 1 fully saturated rings. The summed E-state index contributed by atoms with van der Waals surface area (Å²) in [6.45, 7) is 1.75. The Kier molecular flexibility index (Phi) is 3.84. The molecule has 0 saturated carbocycles. The molecule has 3 rings (SSSR count). The van der Waals surface area contributed by atoms with E-state index in [0.717, 1.165) is 5.56 Å². The van der Waals surface area contributed by atoms with Crippen molar-refractivity contribution in [2.24, 2.45) is 0 Å². The summed E-state index contributed by atoms with van der Waals surface area (Å²) in [4.78, 5) is 28.3. The average molecular weight is 302 g/mol. The summed E-state index contributed by atoms with van der Waals surface area (Å²) in [5.41, 5.74) is 0.907. The molecule has 22 heavy (non-hydrogen) atoms. The Balaban J connectivity index is 1.86. The number of amides is 1. The monoisotopic (exact) mass is 302 g/mol. The van der Waals surface area contributed by atoms with Gasteiger partial charge in [-0.25, -0.2) is 0 Å². The SMILES string of the molecule is O=C(c1ccc([N+](=O)[O-])o1)N1CCNCC1c1cccnc1. The highest BCUT2D eigenvalue weighted by Crippen LogP contribution is 2.25. The van der Waals surface area contributed by atoms with Gasteiger partial charge in [-0.05, 0) is 17.7 Å². The highest BCUT2D eigenvalue weighted by Gasteiger charge is 2.31. The molecule has 2 aromatic rings. The first kappa shape index (κ1) is 14.2. The highest BCUT2D eigenvalue weighted by molar-refractivity contribution is 5.92. The topological polar surface area (TPSA) is 102 Å². The predicted molar refractivity (Wildman–Crippen MR) is 76.2 cm³/mol. The number of hydrogen-bond acceptors (Lipinski definition) is 6. The molecule has 3 heterocycles. The summed E-state index contributed by atoms with van der Waals surface area (Å²) < 4.78 is 5.02. The van der Waals surface area contributed by atoms with E-state index in [0.29, 0.717) is 19.6 Å². The summed E-state index contributed by atoms with van der Waals surface area (Å²) in [7, 11) is 0. The first-order valence-corrected chi connectivity index (χ1v) is 6.82. The number of rotatable bonds is 3. The Morgan fingerprint density at radius 3 is 3.00 bits per heavy atom. The van der Waals surface area contributed by atoms with Crippen LogP contribution in [0.4, 0.5) is 5.88 Å². The average Bonchev–Trinajstić information content (AvgIpc) is 3.05. The maximum absolute atomic E-state index is 12.6. The third-order valence-corrected chi connectivity index (χ3v) is 3.56. The lowest BCUT2D eigenvalue weighted by atomic mass is 10.1. The van der Waals surface area contributed by atoms with Gasteiger partial charge in [0.15, 0.2) is 5.76 Å². The van der Waals surface area contributed by atoms with Crippen LogP contribution in [0.25, 0.3) is 0 Å². The van der Waals surface area contributed by atoms with Crippen molar-refractivity contribution in [2.75, 3.05) is 19.6 Å². The van der Waals surface area contributed by atoms with Crippen molar-refractivity contribution in [3.8, 4) is 0 Å². The normalized spacial score (nSPS) is 18.2. The molecule has 0 radical (unpaired) electrons. The molecule has 1 aliphatic heterocycles. The van der Waals surface area contributed by atoms with Crippen molar-refractivity contribution in [1.29, 1.82) is 0 Å². The van der Waals surface area contributed by atoms with Crippen LogP contribution < -0.4 is 5.32 Å².